The zero-order chi connectivity index (χ0) is 14.1. The lowest BCUT2D eigenvalue weighted by Crippen LogP contribution is -2.19. The number of alkyl halides is 1. The molecule has 0 saturated carbocycles. The largest absolute Gasteiger partial charge is 0.117 e. The molecule has 2 aromatic carbocycles. The summed E-state index contributed by atoms with van der Waals surface area (Å²) in [7, 11) is 0. The number of rotatable bonds is 2. The lowest BCUT2D eigenvalue weighted by atomic mass is 9.80. The lowest BCUT2D eigenvalue weighted by Gasteiger charge is -2.29. The van der Waals surface area contributed by atoms with Gasteiger partial charge in [0.05, 0.1) is 5.38 Å². The van der Waals surface area contributed by atoms with E-state index in [1.807, 2.05) is 0 Å². The maximum atomic E-state index is 6.83. The van der Waals surface area contributed by atoms with Gasteiger partial charge in [-0.2, -0.15) is 0 Å². The molecule has 0 bridgehead atoms. The van der Waals surface area contributed by atoms with Crippen LogP contribution in [-0.4, -0.2) is 0 Å². The van der Waals surface area contributed by atoms with Crippen LogP contribution in [0.1, 0.15) is 39.6 Å². The van der Waals surface area contributed by atoms with Crippen LogP contribution in [0, 0.1) is 19.8 Å². The molecule has 1 aliphatic rings. The fraction of sp³-hybridized carbons (Fsp3) is 0.368. The Balaban J connectivity index is 1.85. The van der Waals surface area contributed by atoms with E-state index in [0.29, 0.717) is 5.92 Å². The summed E-state index contributed by atoms with van der Waals surface area (Å²) in [4.78, 5) is 0. The zero-order valence-corrected chi connectivity index (χ0v) is 13.0. The van der Waals surface area contributed by atoms with Crippen LogP contribution < -0.4 is 0 Å². The lowest BCUT2D eigenvalue weighted by molar-refractivity contribution is 0.442. The van der Waals surface area contributed by atoms with Crippen LogP contribution in [0.15, 0.2) is 42.5 Å². The van der Waals surface area contributed by atoms with Gasteiger partial charge in [-0.05, 0) is 61.3 Å². The Morgan fingerprint density at radius 2 is 1.80 bits per heavy atom. The van der Waals surface area contributed by atoms with Gasteiger partial charge in [-0.3, -0.25) is 0 Å². The van der Waals surface area contributed by atoms with E-state index in [0.717, 1.165) is 12.8 Å². The fourth-order valence-electron chi connectivity index (χ4n) is 3.29. The van der Waals surface area contributed by atoms with Crippen LogP contribution in [0.3, 0.4) is 0 Å². The maximum absolute atomic E-state index is 6.83. The Morgan fingerprint density at radius 3 is 2.60 bits per heavy atom. The normalized spacial score (nSPS) is 19.4. The summed E-state index contributed by atoms with van der Waals surface area (Å²) in [6, 6.07) is 15.4. The van der Waals surface area contributed by atoms with E-state index in [1.54, 1.807) is 0 Å². The molecule has 0 nitrogen and oxygen atoms in total. The number of fused-ring (bicyclic) bond motifs is 1. The summed E-state index contributed by atoms with van der Waals surface area (Å²) in [6.07, 6.45) is 3.46. The van der Waals surface area contributed by atoms with Crippen molar-refractivity contribution in [1.29, 1.82) is 0 Å². The molecule has 0 aromatic heterocycles. The van der Waals surface area contributed by atoms with Gasteiger partial charge in [-0.1, -0.05) is 48.0 Å². The highest BCUT2D eigenvalue weighted by molar-refractivity contribution is 6.21. The van der Waals surface area contributed by atoms with Gasteiger partial charge in [-0.15, -0.1) is 11.6 Å². The second-order valence-electron chi connectivity index (χ2n) is 6.03. The molecular formula is C19H21Cl. The van der Waals surface area contributed by atoms with Crippen molar-refractivity contribution in [3.8, 4) is 0 Å². The van der Waals surface area contributed by atoms with E-state index in [2.05, 4.69) is 56.3 Å². The molecule has 0 amide bonds. The van der Waals surface area contributed by atoms with Gasteiger partial charge in [0.25, 0.3) is 0 Å². The van der Waals surface area contributed by atoms with Crippen molar-refractivity contribution in [3.05, 3.63) is 70.3 Å². The number of hydrogen-bond acceptors (Lipinski definition) is 0. The van der Waals surface area contributed by atoms with Crippen LogP contribution in [0.4, 0.5) is 0 Å². The van der Waals surface area contributed by atoms with Crippen LogP contribution in [-0.2, 0) is 12.8 Å². The van der Waals surface area contributed by atoms with Gasteiger partial charge in [0.1, 0.15) is 0 Å². The van der Waals surface area contributed by atoms with Crippen molar-refractivity contribution in [3.63, 3.8) is 0 Å². The Labute approximate surface area is 126 Å². The minimum Gasteiger partial charge on any atom is -0.117 e. The van der Waals surface area contributed by atoms with Gasteiger partial charge in [0, 0.05) is 0 Å². The van der Waals surface area contributed by atoms with Crippen molar-refractivity contribution >= 4 is 11.6 Å². The summed E-state index contributed by atoms with van der Waals surface area (Å²) < 4.78 is 0. The third-order valence-electron chi connectivity index (χ3n) is 4.53. The average Bonchev–Trinajstić information content (AvgIpc) is 2.48. The highest BCUT2D eigenvalue weighted by atomic mass is 35.5. The van der Waals surface area contributed by atoms with E-state index in [1.165, 1.54) is 34.2 Å². The van der Waals surface area contributed by atoms with Crippen molar-refractivity contribution in [1.82, 2.24) is 0 Å². The Bertz CT molecular complexity index is 615. The van der Waals surface area contributed by atoms with Crippen LogP contribution in [0.2, 0.25) is 0 Å². The first-order valence-corrected chi connectivity index (χ1v) is 7.87. The van der Waals surface area contributed by atoms with Crippen LogP contribution in [0.5, 0.6) is 0 Å². The minimum atomic E-state index is 0.128. The van der Waals surface area contributed by atoms with Crippen LogP contribution in [0.25, 0.3) is 0 Å². The predicted molar refractivity (Wildman–Crippen MR) is 86.5 cm³/mol. The van der Waals surface area contributed by atoms with E-state index < -0.39 is 0 Å². The van der Waals surface area contributed by atoms with Crippen molar-refractivity contribution < 1.29 is 0 Å². The van der Waals surface area contributed by atoms with E-state index in [4.69, 9.17) is 11.6 Å². The number of aryl methyl sites for hydroxylation is 3. The Kier molecular flexibility index (Phi) is 3.85. The molecule has 104 valence electrons. The molecule has 20 heavy (non-hydrogen) atoms. The third-order valence-corrected chi connectivity index (χ3v) is 5.12. The molecular weight excluding hydrogens is 264 g/mol. The fourth-order valence-corrected chi connectivity index (χ4v) is 3.74. The van der Waals surface area contributed by atoms with Gasteiger partial charge in [0.2, 0.25) is 0 Å². The first kappa shape index (κ1) is 13.7. The molecule has 0 radical (unpaired) electrons. The van der Waals surface area contributed by atoms with E-state index >= 15 is 0 Å². The summed E-state index contributed by atoms with van der Waals surface area (Å²) in [6.45, 7) is 4.31. The molecule has 1 heteroatoms. The Morgan fingerprint density at radius 1 is 1.05 bits per heavy atom. The van der Waals surface area contributed by atoms with E-state index in [-0.39, 0.29) is 5.38 Å². The molecule has 2 atom stereocenters. The summed E-state index contributed by atoms with van der Waals surface area (Å²) in [5.74, 6) is 0.548. The highest BCUT2D eigenvalue weighted by Gasteiger charge is 2.26. The second kappa shape index (κ2) is 5.61. The molecule has 2 aromatic rings. The topological polar surface area (TPSA) is 0 Å². The highest BCUT2D eigenvalue weighted by Crippen LogP contribution is 2.39. The van der Waals surface area contributed by atoms with Gasteiger partial charge in [0.15, 0.2) is 0 Å². The van der Waals surface area contributed by atoms with Gasteiger partial charge < -0.3 is 0 Å². The molecule has 0 aliphatic heterocycles. The molecule has 0 fully saturated rings. The molecule has 1 aliphatic carbocycles. The summed E-state index contributed by atoms with van der Waals surface area (Å²) in [5, 5.41) is 0.128. The van der Waals surface area contributed by atoms with Crippen molar-refractivity contribution in [2.24, 2.45) is 5.92 Å². The first-order chi connectivity index (χ1) is 9.65. The molecule has 2 unspecified atom stereocenters. The smallest absolute Gasteiger partial charge is 0.0619 e. The molecule has 0 spiro atoms. The Hall–Kier alpha value is -1.27. The standard InChI is InChI=1S/C19H21Cl/c1-13-7-8-14(2)18(11-13)19(20)17-10-9-15-5-3-4-6-16(15)12-17/h3-8,11,17,19H,9-10,12H2,1-2H3. The van der Waals surface area contributed by atoms with Gasteiger partial charge >= 0.3 is 0 Å². The number of benzene rings is 2. The van der Waals surface area contributed by atoms with Crippen LogP contribution >= 0.6 is 11.6 Å². The van der Waals surface area contributed by atoms with Crippen molar-refractivity contribution in [2.45, 2.75) is 38.5 Å². The third kappa shape index (κ3) is 2.62. The molecule has 0 saturated heterocycles. The minimum absolute atomic E-state index is 0.128. The molecule has 0 N–H and O–H groups in total. The van der Waals surface area contributed by atoms with E-state index in [9.17, 15) is 0 Å². The molecule has 0 heterocycles. The number of halogens is 1. The summed E-state index contributed by atoms with van der Waals surface area (Å²) >= 11 is 6.83. The predicted octanol–water partition coefficient (Wildman–Crippen LogP) is 5.39. The monoisotopic (exact) mass is 284 g/mol. The second-order valence-corrected chi connectivity index (χ2v) is 6.50. The maximum Gasteiger partial charge on any atom is 0.0619 e. The quantitative estimate of drug-likeness (QED) is 0.649. The zero-order valence-electron chi connectivity index (χ0n) is 12.2. The summed E-state index contributed by atoms with van der Waals surface area (Å²) in [5.41, 5.74) is 6.92. The SMILES string of the molecule is Cc1ccc(C)c(C(Cl)C2CCc3ccccc3C2)c1. The van der Waals surface area contributed by atoms with Gasteiger partial charge in [-0.25, -0.2) is 0 Å². The number of hydrogen-bond donors (Lipinski definition) is 0. The molecule has 3 rings (SSSR count). The average molecular weight is 285 g/mol. The van der Waals surface area contributed by atoms with Crippen molar-refractivity contribution in [2.75, 3.05) is 0 Å². The first-order valence-electron chi connectivity index (χ1n) is 7.43.